The molecule has 0 atom stereocenters. The molecule has 0 bridgehead atoms. The molecule has 0 radical (unpaired) electrons. The van der Waals surface area contributed by atoms with Crippen LogP contribution < -0.4 is 24.8 Å². The van der Waals surface area contributed by atoms with E-state index in [0.29, 0.717) is 0 Å². The van der Waals surface area contributed by atoms with Gasteiger partial charge in [0.25, 0.3) is 0 Å². The van der Waals surface area contributed by atoms with Crippen molar-refractivity contribution in [2.45, 2.75) is 31.6 Å². The Morgan fingerprint density at radius 3 is 1.75 bits per heavy atom. The molecule has 0 heterocycles. The van der Waals surface area contributed by atoms with Crippen molar-refractivity contribution in [3.8, 4) is 0 Å². The first kappa shape index (κ1) is 21.4. The van der Waals surface area contributed by atoms with Crippen LogP contribution in [-0.2, 0) is 30.1 Å². The molecule has 3 rings (SSSR count). The van der Waals surface area contributed by atoms with Gasteiger partial charge in [0.1, 0.15) is 0 Å². The molecule has 123 valence electrons. The first-order valence-electron chi connectivity index (χ1n) is 8.02. The molecule has 0 aromatic heterocycles. The molecule has 0 unspecified atom stereocenters. The smallest absolute Gasteiger partial charge is 1.00 e. The van der Waals surface area contributed by atoms with Crippen molar-refractivity contribution in [3.05, 3.63) is 92.8 Å². The van der Waals surface area contributed by atoms with E-state index in [1.54, 1.807) is 28.0 Å². The summed E-state index contributed by atoms with van der Waals surface area (Å²) in [4.78, 5) is 0. The van der Waals surface area contributed by atoms with Gasteiger partial charge in [-0.2, -0.15) is 0 Å². The molecule has 1 aliphatic rings. The second kappa shape index (κ2) is 9.76. The van der Waals surface area contributed by atoms with E-state index < -0.39 is 0 Å². The summed E-state index contributed by atoms with van der Waals surface area (Å²) in [6.45, 7) is 2.29. The van der Waals surface area contributed by atoms with Crippen LogP contribution in [0.3, 0.4) is 0 Å². The molecule has 0 nitrogen and oxygen atoms in total. The summed E-state index contributed by atoms with van der Waals surface area (Å²) in [7, 11) is 0. The maximum atomic E-state index is 2.37. The second-order valence-electron chi connectivity index (χ2n) is 5.89. The fraction of sp³-hybridized carbons (Fsp3) is 0.238. The Morgan fingerprint density at radius 1 is 0.875 bits per heavy atom. The fourth-order valence-corrected chi connectivity index (χ4v) is 4.65. The van der Waals surface area contributed by atoms with Crippen molar-refractivity contribution in [1.82, 2.24) is 0 Å². The van der Waals surface area contributed by atoms with E-state index in [9.17, 15) is 0 Å². The van der Waals surface area contributed by atoms with E-state index >= 15 is 0 Å². The van der Waals surface area contributed by atoms with Gasteiger partial charge in [-0.3, -0.25) is 0 Å². The van der Waals surface area contributed by atoms with Crippen LogP contribution in [0, 0.1) is 0 Å². The molecule has 0 saturated carbocycles. The summed E-state index contributed by atoms with van der Waals surface area (Å²) in [6, 6.07) is 22.1. The topological polar surface area (TPSA) is 0 Å². The SMILES string of the molecule is CCCC(C1=[C]([Zr+2])CC=C1)(c1ccccc1)c1ccccc1.[Cl-].[Cl-]. The van der Waals surface area contributed by atoms with Gasteiger partial charge in [-0.1, -0.05) is 0 Å². The van der Waals surface area contributed by atoms with Crippen LogP contribution in [0.4, 0.5) is 0 Å². The Morgan fingerprint density at radius 2 is 1.38 bits per heavy atom. The Bertz CT molecular complexity index is 651. The van der Waals surface area contributed by atoms with Gasteiger partial charge in [0, 0.05) is 0 Å². The second-order valence-corrected chi connectivity index (χ2v) is 7.37. The average Bonchev–Trinajstić information content (AvgIpc) is 3.01. The van der Waals surface area contributed by atoms with Crippen LogP contribution in [0.5, 0.6) is 0 Å². The summed E-state index contributed by atoms with van der Waals surface area (Å²) in [5.74, 6) is 0. The minimum absolute atomic E-state index is 0. The van der Waals surface area contributed by atoms with Gasteiger partial charge in [0.2, 0.25) is 0 Å². The summed E-state index contributed by atoms with van der Waals surface area (Å²) < 4.78 is 1.59. The third-order valence-electron chi connectivity index (χ3n) is 4.55. The van der Waals surface area contributed by atoms with E-state index in [4.69, 9.17) is 0 Å². The minimum atomic E-state index is 0. The van der Waals surface area contributed by atoms with E-state index in [2.05, 4.69) is 79.7 Å². The molecule has 0 saturated heterocycles. The van der Waals surface area contributed by atoms with Gasteiger partial charge in [0.15, 0.2) is 0 Å². The first-order valence-corrected chi connectivity index (χ1v) is 9.24. The van der Waals surface area contributed by atoms with Gasteiger partial charge in [0.05, 0.1) is 0 Å². The standard InChI is InChI=1S/C21H21.2ClH.Zr/c1-2-17-21(20-15-9-10-16-20,18-11-5-3-6-12-18)19-13-7-4-8-14-19;;;/h3-9,11-15H,2,10,17H2,1H3;2*1H;/q;;;+2/p-2. The third kappa shape index (κ3) is 3.96. The van der Waals surface area contributed by atoms with Crippen molar-refractivity contribution in [2.24, 2.45) is 0 Å². The number of hydrogen-bond acceptors (Lipinski definition) is 0. The summed E-state index contributed by atoms with van der Waals surface area (Å²) in [6.07, 6.45) is 8.15. The zero-order valence-corrected chi connectivity index (χ0v) is 17.8. The quantitative estimate of drug-likeness (QED) is 0.597. The van der Waals surface area contributed by atoms with E-state index in [-0.39, 0.29) is 30.2 Å². The molecule has 1 aliphatic carbocycles. The van der Waals surface area contributed by atoms with Crippen LogP contribution in [0.15, 0.2) is 81.7 Å². The first-order chi connectivity index (χ1) is 10.8. The maximum absolute atomic E-state index is 2.37. The van der Waals surface area contributed by atoms with Crippen LogP contribution in [-0.4, -0.2) is 0 Å². The molecule has 2 aromatic rings. The predicted molar refractivity (Wildman–Crippen MR) is 89.4 cm³/mol. The van der Waals surface area contributed by atoms with Crippen LogP contribution in [0.25, 0.3) is 0 Å². The summed E-state index contributed by atoms with van der Waals surface area (Å²) >= 11 is 1.54. The molecule has 2 aromatic carbocycles. The average molecular weight is 436 g/mol. The molecular weight excluding hydrogens is 414 g/mol. The number of allylic oxidation sites excluding steroid dienone is 4. The van der Waals surface area contributed by atoms with E-state index in [1.165, 1.54) is 23.1 Å². The van der Waals surface area contributed by atoms with Gasteiger partial charge < -0.3 is 24.8 Å². The van der Waals surface area contributed by atoms with Gasteiger partial charge >= 0.3 is 149 Å². The van der Waals surface area contributed by atoms with Gasteiger partial charge in [-0.15, -0.1) is 0 Å². The normalized spacial score (nSPS) is 13.5. The third-order valence-corrected chi connectivity index (χ3v) is 5.71. The van der Waals surface area contributed by atoms with Crippen LogP contribution in [0.2, 0.25) is 0 Å². The molecule has 3 heteroatoms. The summed E-state index contributed by atoms with van der Waals surface area (Å²) in [5, 5.41) is 0. The zero-order valence-electron chi connectivity index (χ0n) is 13.8. The maximum Gasteiger partial charge on any atom is -1.00 e. The van der Waals surface area contributed by atoms with Gasteiger partial charge in [-0.05, 0) is 0 Å². The molecule has 0 aliphatic heterocycles. The molecule has 0 amide bonds. The number of hydrogen-bond donors (Lipinski definition) is 0. The van der Waals surface area contributed by atoms with Crippen LogP contribution in [0.1, 0.15) is 37.3 Å². The molecule has 24 heavy (non-hydrogen) atoms. The van der Waals surface area contributed by atoms with Crippen molar-refractivity contribution in [1.29, 1.82) is 0 Å². The fourth-order valence-electron chi connectivity index (χ4n) is 3.63. The number of benzene rings is 2. The predicted octanol–water partition coefficient (Wildman–Crippen LogP) is -0.458. The molecule has 0 N–H and O–H groups in total. The molecular formula is C21H21Cl2Zr. The Labute approximate surface area is 173 Å². The van der Waals surface area contributed by atoms with Crippen molar-refractivity contribution >= 4 is 0 Å². The van der Waals surface area contributed by atoms with Crippen molar-refractivity contribution in [3.63, 3.8) is 0 Å². The zero-order chi connectivity index (χ0) is 15.4. The van der Waals surface area contributed by atoms with Crippen molar-refractivity contribution < 1.29 is 49.5 Å². The van der Waals surface area contributed by atoms with Crippen LogP contribution >= 0.6 is 0 Å². The number of halogens is 2. The molecule has 0 spiro atoms. The van der Waals surface area contributed by atoms with E-state index in [0.717, 1.165) is 12.8 Å². The Hall–Kier alpha value is -0.617. The van der Waals surface area contributed by atoms with Crippen molar-refractivity contribution in [2.75, 3.05) is 0 Å². The Kier molecular flexibility index (Phi) is 8.71. The largest absolute Gasteiger partial charge is 1.00 e. The van der Waals surface area contributed by atoms with E-state index in [1.807, 2.05) is 0 Å². The van der Waals surface area contributed by atoms with Gasteiger partial charge in [-0.25, -0.2) is 0 Å². The Balaban J connectivity index is 0.00000144. The molecule has 0 fully saturated rings. The number of rotatable bonds is 5. The minimum Gasteiger partial charge on any atom is -1.00 e. The summed E-state index contributed by atoms with van der Waals surface area (Å²) in [5.41, 5.74) is 4.38. The monoisotopic (exact) mass is 433 g/mol.